The van der Waals surface area contributed by atoms with Crippen LogP contribution < -0.4 is 16.2 Å². The maximum atomic E-state index is 13.2. The van der Waals surface area contributed by atoms with Crippen LogP contribution in [0.3, 0.4) is 0 Å². The van der Waals surface area contributed by atoms with Crippen molar-refractivity contribution >= 4 is 48.0 Å². The van der Waals surface area contributed by atoms with Gasteiger partial charge in [-0.05, 0) is 120 Å². The predicted molar refractivity (Wildman–Crippen MR) is 249 cm³/mol. The van der Waals surface area contributed by atoms with Crippen molar-refractivity contribution < 1.29 is 19.1 Å². The number of piperidine rings is 3. The molecule has 4 aromatic carbocycles. The first-order valence-electron chi connectivity index (χ1n) is 21.7. The van der Waals surface area contributed by atoms with Crippen molar-refractivity contribution in [1.29, 1.82) is 0 Å². The highest BCUT2D eigenvalue weighted by Crippen LogP contribution is 2.41. The number of carbonyl (C=O) groups is 1. The van der Waals surface area contributed by atoms with E-state index in [9.17, 15) is 14.7 Å². The van der Waals surface area contributed by atoms with E-state index in [4.69, 9.17) is 9.16 Å². The van der Waals surface area contributed by atoms with Crippen LogP contribution in [0.1, 0.15) is 62.8 Å². The number of allylic oxidation sites excluding steroid dienone is 1. The number of aromatic nitrogens is 2. The molecule has 10 nitrogen and oxygen atoms in total. The van der Waals surface area contributed by atoms with Crippen molar-refractivity contribution in [3.8, 4) is 16.9 Å². The van der Waals surface area contributed by atoms with E-state index >= 15 is 0 Å². The molecule has 0 aliphatic carbocycles. The molecular weight excluding hydrogens is 779 g/mol. The summed E-state index contributed by atoms with van der Waals surface area (Å²) in [7, 11) is -2.19. The third kappa shape index (κ3) is 9.71. The summed E-state index contributed by atoms with van der Waals surface area (Å²) in [5, 5.41) is 19.3. The predicted octanol–water partition coefficient (Wildman–Crippen LogP) is 10.5. The Labute approximate surface area is 359 Å². The molecule has 4 N–H and O–H groups in total. The maximum absolute atomic E-state index is 13.2. The molecule has 2 aromatic heterocycles. The van der Waals surface area contributed by atoms with E-state index in [1.165, 1.54) is 22.5 Å². The van der Waals surface area contributed by atoms with Gasteiger partial charge < -0.3 is 29.1 Å². The second-order valence-electron chi connectivity index (χ2n) is 18.3. The van der Waals surface area contributed by atoms with E-state index in [-0.39, 0.29) is 28.6 Å². The number of nitrogens with one attached hydrogen (secondary N) is 3. The van der Waals surface area contributed by atoms with Gasteiger partial charge in [-0.3, -0.25) is 15.0 Å². The van der Waals surface area contributed by atoms with Crippen LogP contribution in [0.15, 0.2) is 114 Å². The van der Waals surface area contributed by atoms with Gasteiger partial charge >= 0.3 is 6.09 Å². The van der Waals surface area contributed by atoms with Crippen LogP contribution in [0.4, 0.5) is 10.5 Å². The lowest BCUT2D eigenvalue weighted by Crippen LogP contribution is -2.52. The Balaban J connectivity index is 0.910. The van der Waals surface area contributed by atoms with Crippen molar-refractivity contribution in [2.75, 3.05) is 31.5 Å². The van der Waals surface area contributed by atoms with Gasteiger partial charge in [0.25, 0.3) is 0 Å². The van der Waals surface area contributed by atoms with Crippen LogP contribution in [-0.2, 0) is 22.3 Å². The fraction of sp³-hybridized carbons (Fsp3) is 0.360. The zero-order valence-corrected chi connectivity index (χ0v) is 37.0. The van der Waals surface area contributed by atoms with Crippen molar-refractivity contribution in [2.24, 2.45) is 5.92 Å². The standard InChI is InChI=1S/C50H59N5O5Si/c1-50(2,3)61(4,5)60-45(40-17-20-44(56)48-41(40)18-21-47(57)53-48)32-51-31-35-15-19-43-38(29-35)24-28-55(43)25-10-9-11-34-14-16-39(36-12-7-6-8-13-36)42(30-34)52-49(58)59-46-33-54-26-22-37(46)23-27-54/h6-9,11-21,24,28-30,37,45-46,51,56H,10,22-23,25-27,31-33H2,1-5H3,(H,52,58)(H,53,57)/b11-9+/t45-,46-/m0/s1. The summed E-state index contributed by atoms with van der Waals surface area (Å²) in [6.45, 7) is 16.2. The van der Waals surface area contributed by atoms with E-state index in [2.05, 4.69) is 126 Å². The summed E-state index contributed by atoms with van der Waals surface area (Å²) in [5.74, 6) is 0.490. The molecule has 9 rings (SSSR count). The molecule has 11 heteroatoms. The lowest BCUT2D eigenvalue weighted by Gasteiger charge is -2.43. The average molecular weight is 838 g/mol. The first kappa shape index (κ1) is 42.2. The largest absolute Gasteiger partial charge is 0.506 e. The van der Waals surface area contributed by atoms with Gasteiger partial charge in [0.2, 0.25) is 5.56 Å². The Hall–Kier alpha value is -5.46. The number of rotatable bonds is 14. The number of pyridine rings is 1. The maximum Gasteiger partial charge on any atom is 0.411 e. The average Bonchev–Trinajstić information content (AvgIpc) is 3.64. The number of phenolic OH excluding ortho intramolecular Hbond substituents is 1. The number of nitrogens with zero attached hydrogens (tertiary/aromatic N) is 2. The van der Waals surface area contributed by atoms with Crippen LogP contribution in [0.25, 0.3) is 39.0 Å². The number of aromatic amines is 1. The molecule has 2 bridgehead atoms. The van der Waals surface area contributed by atoms with Crippen LogP contribution in [0.5, 0.6) is 5.75 Å². The smallest absolute Gasteiger partial charge is 0.411 e. The van der Waals surface area contributed by atoms with Gasteiger partial charge in [0, 0.05) is 54.9 Å². The minimum atomic E-state index is -2.19. The normalized spacial score (nSPS) is 18.5. The first-order chi connectivity index (χ1) is 29.3. The molecule has 5 heterocycles. The molecule has 3 fully saturated rings. The van der Waals surface area contributed by atoms with E-state index < -0.39 is 14.4 Å². The monoisotopic (exact) mass is 837 g/mol. The molecule has 1 amide bonds. The number of anilines is 1. The van der Waals surface area contributed by atoms with E-state index in [0.29, 0.717) is 24.5 Å². The zero-order chi connectivity index (χ0) is 42.7. The molecular formula is C50H59N5O5Si. The zero-order valence-electron chi connectivity index (χ0n) is 36.0. The van der Waals surface area contributed by atoms with Crippen molar-refractivity contribution in [3.63, 3.8) is 0 Å². The summed E-state index contributed by atoms with van der Waals surface area (Å²) in [4.78, 5) is 30.6. The van der Waals surface area contributed by atoms with Crippen LogP contribution >= 0.6 is 0 Å². The third-order valence-electron chi connectivity index (χ3n) is 13.1. The Bertz CT molecular complexity index is 2590. The van der Waals surface area contributed by atoms with Crippen LogP contribution in [0.2, 0.25) is 18.1 Å². The highest BCUT2D eigenvalue weighted by atomic mass is 28.4. The molecule has 0 radical (unpaired) electrons. The fourth-order valence-electron chi connectivity index (χ4n) is 8.58. The van der Waals surface area contributed by atoms with Crippen molar-refractivity contribution in [3.05, 3.63) is 136 Å². The molecule has 2 atom stereocenters. The van der Waals surface area contributed by atoms with Crippen LogP contribution in [-0.4, -0.2) is 66.3 Å². The number of carbonyl (C=O) groups excluding carboxylic acids is 1. The molecule has 3 aliphatic heterocycles. The van der Waals surface area contributed by atoms with Gasteiger partial charge in [-0.1, -0.05) is 87.5 Å². The molecule has 0 saturated carbocycles. The molecule has 0 spiro atoms. The first-order valence-corrected chi connectivity index (χ1v) is 24.6. The fourth-order valence-corrected chi connectivity index (χ4v) is 9.86. The van der Waals surface area contributed by atoms with Gasteiger partial charge in [0.05, 0.1) is 17.3 Å². The number of hydrogen-bond donors (Lipinski definition) is 4. The van der Waals surface area contributed by atoms with Crippen molar-refractivity contribution in [2.45, 2.75) is 83.5 Å². The van der Waals surface area contributed by atoms with E-state index in [1.54, 1.807) is 12.1 Å². The Morgan fingerprint density at radius 1 is 0.984 bits per heavy atom. The Morgan fingerprint density at radius 3 is 2.54 bits per heavy atom. The Kier molecular flexibility index (Phi) is 12.4. The summed E-state index contributed by atoms with van der Waals surface area (Å²) in [6, 6.07) is 31.9. The van der Waals surface area contributed by atoms with Gasteiger partial charge in [0.1, 0.15) is 11.9 Å². The molecule has 3 saturated heterocycles. The number of H-pyrrole nitrogens is 1. The van der Waals surface area contributed by atoms with E-state index in [1.807, 2.05) is 30.3 Å². The summed E-state index contributed by atoms with van der Waals surface area (Å²) in [6.07, 6.45) is 8.75. The lowest BCUT2D eigenvalue weighted by atomic mass is 9.86. The highest BCUT2D eigenvalue weighted by Gasteiger charge is 2.40. The third-order valence-corrected chi connectivity index (χ3v) is 17.5. The minimum absolute atomic E-state index is 0.000920. The molecule has 0 unspecified atom stereocenters. The van der Waals surface area contributed by atoms with Crippen LogP contribution in [0, 0.1) is 5.92 Å². The Morgan fingerprint density at radius 2 is 1.79 bits per heavy atom. The number of ether oxygens (including phenoxy) is 1. The lowest BCUT2D eigenvalue weighted by molar-refractivity contribution is -0.0289. The number of hydrogen-bond acceptors (Lipinski definition) is 7. The number of aromatic hydroxyl groups is 1. The summed E-state index contributed by atoms with van der Waals surface area (Å²) >= 11 is 0. The van der Waals surface area contributed by atoms with Crippen molar-refractivity contribution in [1.82, 2.24) is 19.8 Å². The summed E-state index contributed by atoms with van der Waals surface area (Å²) in [5.41, 5.74) is 7.21. The number of fused-ring (bicyclic) bond motifs is 5. The summed E-state index contributed by atoms with van der Waals surface area (Å²) < 4.78 is 15.3. The number of aryl methyl sites for hydroxylation is 1. The molecule has 61 heavy (non-hydrogen) atoms. The van der Waals surface area contributed by atoms with Gasteiger partial charge in [-0.2, -0.15) is 0 Å². The number of phenols is 1. The van der Waals surface area contributed by atoms with Gasteiger partial charge in [-0.15, -0.1) is 0 Å². The van der Waals surface area contributed by atoms with Gasteiger partial charge in [-0.25, -0.2) is 4.79 Å². The SMILES string of the molecule is CC(C)(C)[Si](C)(C)O[C@@H](CNCc1ccc2c(ccn2CC/C=C/c2ccc(-c3ccccc3)c(NC(=O)O[C@H]3CN4CCC3CC4)c2)c1)c1ccc(O)c2[nH]c(=O)ccc12. The number of amides is 1. The molecule has 3 aliphatic rings. The highest BCUT2D eigenvalue weighted by molar-refractivity contribution is 6.74. The molecule has 318 valence electrons. The van der Waals surface area contributed by atoms with Gasteiger partial charge in [0.15, 0.2) is 8.32 Å². The second kappa shape index (κ2) is 17.9. The molecule has 6 aromatic rings. The topological polar surface area (TPSA) is 121 Å². The second-order valence-corrected chi connectivity index (χ2v) is 23.0. The number of benzene rings is 4. The quantitative estimate of drug-likeness (QED) is 0.0806. The minimum Gasteiger partial charge on any atom is -0.506 e. The van der Waals surface area contributed by atoms with E-state index in [0.717, 1.165) is 78.8 Å².